The van der Waals surface area contributed by atoms with Crippen LogP contribution < -0.4 is 5.32 Å². The molecule has 0 aliphatic carbocycles. The van der Waals surface area contributed by atoms with Crippen LogP contribution in [0.25, 0.3) is 10.9 Å². The highest BCUT2D eigenvalue weighted by Gasteiger charge is 2.03. The molecule has 21 heavy (non-hydrogen) atoms. The largest absolute Gasteiger partial charge is 0.378 e. The van der Waals surface area contributed by atoms with E-state index in [1.54, 1.807) is 6.20 Å². The molecule has 3 aromatic rings. The van der Waals surface area contributed by atoms with E-state index in [1.165, 1.54) is 5.56 Å². The van der Waals surface area contributed by atoms with Gasteiger partial charge in [-0.3, -0.25) is 4.98 Å². The van der Waals surface area contributed by atoms with Crippen LogP contribution in [0.4, 0.5) is 5.69 Å². The Morgan fingerprint density at radius 1 is 1.10 bits per heavy atom. The molecule has 1 aromatic carbocycles. The van der Waals surface area contributed by atoms with Gasteiger partial charge >= 0.3 is 0 Å². The van der Waals surface area contributed by atoms with Gasteiger partial charge in [0.2, 0.25) is 0 Å². The van der Waals surface area contributed by atoms with E-state index >= 15 is 0 Å². The van der Waals surface area contributed by atoms with Gasteiger partial charge in [0.05, 0.1) is 11.2 Å². The van der Waals surface area contributed by atoms with E-state index < -0.39 is 0 Å². The van der Waals surface area contributed by atoms with Gasteiger partial charge in [0.25, 0.3) is 0 Å². The van der Waals surface area contributed by atoms with Gasteiger partial charge in [0, 0.05) is 23.8 Å². The van der Waals surface area contributed by atoms with Gasteiger partial charge < -0.3 is 5.32 Å². The van der Waals surface area contributed by atoms with Crippen LogP contribution in [-0.2, 0) is 6.54 Å². The monoisotopic (exact) mass is 297 g/mol. The van der Waals surface area contributed by atoms with Crippen LogP contribution in [0, 0.1) is 13.8 Å². The average Bonchev–Trinajstić information content (AvgIpc) is 2.48. The minimum absolute atomic E-state index is 0.499. The Morgan fingerprint density at radius 3 is 2.81 bits per heavy atom. The summed E-state index contributed by atoms with van der Waals surface area (Å²) in [6.07, 6.45) is 1.76. The first kappa shape index (κ1) is 13.8. The van der Waals surface area contributed by atoms with Crippen LogP contribution >= 0.6 is 11.6 Å². The first-order valence-corrected chi connectivity index (χ1v) is 7.22. The van der Waals surface area contributed by atoms with Gasteiger partial charge in [-0.1, -0.05) is 23.7 Å². The molecule has 3 nitrogen and oxygen atoms in total. The molecule has 0 atom stereocenters. The number of nitrogens with zero attached hydrogens (tertiary/aromatic N) is 2. The molecule has 0 aliphatic heterocycles. The van der Waals surface area contributed by atoms with Crippen LogP contribution in [0.2, 0.25) is 5.15 Å². The smallest absolute Gasteiger partial charge is 0.152 e. The Morgan fingerprint density at radius 2 is 1.95 bits per heavy atom. The zero-order valence-electron chi connectivity index (χ0n) is 12.0. The lowest BCUT2D eigenvalue weighted by molar-refractivity contribution is 1.13. The van der Waals surface area contributed by atoms with Crippen molar-refractivity contribution in [1.29, 1.82) is 0 Å². The van der Waals surface area contributed by atoms with E-state index in [4.69, 9.17) is 11.6 Å². The number of halogens is 1. The summed E-state index contributed by atoms with van der Waals surface area (Å²) in [4.78, 5) is 8.65. The van der Waals surface area contributed by atoms with Gasteiger partial charge in [-0.15, -0.1) is 0 Å². The second kappa shape index (κ2) is 5.70. The van der Waals surface area contributed by atoms with E-state index in [2.05, 4.69) is 39.6 Å². The molecule has 4 heteroatoms. The summed E-state index contributed by atoms with van der Waals surface area (Å²) in [5, 5.41) is 4.98. The first-order valence-electron chi connectivity index (χ1n) is 6.84. The molecule has 3 rings (SSSR count). The van der Waals surface area contributed by atoms with Crippen molar-refractivity contribution in [3.63, 3.8) is 0 Å². The maximum Gasteiger partial charge on any atom is 0.152 e. The third kappa shape index (κ3) is 3.14. The number of hydrogen-bond donors (Lipinski definition) is 1. The Hall–Kier alpha value is -2.13. The molecule has 0 unspecified atom stereocenters. The lowest BCUT2D eigenvalue weighted by Gasteiger charge is -2.09. The minimum atomic E-state index is 0.499. The zero-order valence-corrected chi connectivity index (χ0v) is 12.8. The molecule has 0 bridgehead atoms. The van der Waals surface area contributed by atoms with E-state index in [-0.39, 0.29) is 0 Å². The standard InChI is InChI=1S/C17H16ClN3/c1-11-7-16(17(18)20-9-11)19-10-13-4-6-15-14(8-13)5-3-12(2)21-15/h3-9,19H,10H2,1-2H3. The maximum atomic E-state index is 6.09. The van der Waals surface area contributed by atoms with E-state index in [1.807, 2.05) is 26.0 Å². The van der Waals surface area contributed by atoms with E-state index in [0.29, 0.717) is 11.7 Å². The first-order chi connectivity index (χ1) is 10.1. The molecular formula is C17H16ClN3. The molecule has 2 aromatic heterocycles. The Kier molecular flexibility index (Phi) is 3.76. The third-order valence-electron chi connectivity index (χ3n) is 3.35. The highest BCUT2D eigenvalue weighted by molar-refractivity contribution is 6.31. The SMILES string of the molecule is Cc1cnc(Cl)c(NCc2ccc3nc(C)ccc3c2)c1. The van der Waals surface area contributed by atoms with Crippen molar-refractivity contribution < 1.29 is 0 Å². The van der Waals surface area contributed by atoms with Gasteiger partial charge in [-0.05, 0) is 49.2 Å². The number of aryl methyl sites for hydroxylation is 2. The third-order valence-corrected chi connectivity index (χ3v) is 3.65. The van der Waals surface area contributed by atoms with Crippen molar-refractivity contribution >= 4 is 28.2 Å². The van der Waals surface area contributed by atoms with E-state index in [0.717, 1.165) is 27.8 Å². The quantitative estimate of drug-likeness (QED) is 0.723. The molecule has 1 N–H and O–H groups in total. The number of pyridine rings is 2. The van der Waals surface area contributed by atoms with Crippen molar-refractivity contribution in [3.05, 3.63) is 64.6 Å². The van der Waals surface area contributed by atoms with Crippen LogP contribution in [0.15, 0.2) is 42.6 Å². The van der Waals surface area contributed by atoms with Crippen LogP contribution in [0.1, 0.15) is 16.8 Å². The average molecular weight is 298 g/mol. The second-order valence-electron chi connectivity index (χ2n) is 5.18. The highest BCUT2D eigenvalue weighted by Crippen LogP contribution is 2.21. The molecule has 0 saturated carbocycles. The predicted molar refractivity (Wildman–Crippen MR) is 87.8 cm³/mol. The van der Waals surface area contributed by atoms with E-state index in [9.17, 15) is 0 Å². The Bertz CT molecular complexity index is 799. The molecule has 0 amide bonds. The summed E-state index contributed by atoms with van der Waals surface area (Å²) in [6, 6.07) is 12.4. The number of nitrogens with one attached hydrogen (secondary N) is 1. The summed E-state index contributed by atoms with van der Waals surface area (Å²) in [5.41, 5.74) is 5.18. The summed E-state index contributed by atoms with van der Waals surface area (Å²) < 4.78 is 0. The lowest BCUT2D eigenvalue weighted by atomic mass is 10.1. The van der Waals surface area contributed by atoms with Crippen LogP contribution in [0.3, 0.4) is 0 Å². The van der Waals surface area contributed by atoms with Crippen LogP contribution in [0.5, 0.6) is 0 Å². The number of rotatable bonds is 3. The van der Waals surface area contributed by atoms with Crippen molar-refractivity contribution in [2.75, 3.05) is 5.32 Å². The molecule has 0 aliphatic rings. The number of aromatic nitrogens is 2. The predicted octanol–water partition coefficient (Wildman–Crippen LogP) is 4.51. The van der Waals surface area contributed by atoms with Crippen molar-refractivity contribution in [1.82, 2.24) is 9.97 Å². The van der Waals surface area contributed by atoms with Gasteiger partial charge in [0.1, 0.15) is 0 Å². The Labute approximate surface area is 129 Å². The van der Waals surface area contributed by atoms with Crippen molar-refractivity contribution in [2.24, 2.45) is 0 Å². The summed E-state index contributed by atoms with van der Waals surface area (Å²) >= 11 is 6.09. The van der Waals surface area contributed by atoms with Crippen molar-refractivity contribution in [3.8, 4) is 0 Å². The fourth-order valence-corrected chi connectivity index (χ4v) is 2.43. The highest BCUT2D eigenvalue weighted by atomic mass is 35.5. The fraction of sp³-hybridized carbons (Fsp3) is 0.176. The number of anilines is 1. The van der Waals surface area contributed by atoms with Crippen molar-refractivity contribution in [2.45, 2.75) is 20.4 Å². The molecule has 0 fully saturated rings. The van der Waals surface area contributed by atoms with Gasteiger partial charge in [-0.2, -0.15) is 0 Å². The number of hydrogen-bond acceptors (Lipinski definition) is 3. The van der Waals surface area contributed by atoms with Gasteiger partial charge in [-0.25, -0.2) is 4.98 Å². The molecule has 2 heterocycles. The summed E-state index contributed by atoms with van der Waals surface area (Å²) in [5.74, 6) is 0. The fourth-order valence-electron chi connectivity index (χ4n) is 2.26. The molecule has 0 radical (unpaired) electrons. The molecule has 106 valence electrons. The number of benzene rings is 1. The Balaban J connectivity index is 1.82. The summed E-state index contributed by atoms with van der Waals surface area (Å²) in [7, 11) is 0. The van der Waals surface area contributed by atoms with Gasteiger partial charge in [0.15, 0.2) is 5.15 Å². The second-order valence-corrected chi connectivity index (χ2v) is 5.54. The lowest BCUT2D eigenvalue weighted by Crippen LogP contribution is -2.01. The molecule has 0 spiro atoms. The minimum Gasteiger partial charge on any atom is -0.378 e. The normalized spacial score (nSPS) is 10.8. The van der Waals surface area contributed by atoms with Crippen LogP contribution in [-0.4, -0.2) is 9.97 Å². The summed E-state index contributed by atoms with van der Waals surface area (Å²) in [6.45, 7) is 4.70. The molecular weight excluding hydrogens is 282 g/mol. The number of fused-ring (bicyclic) bond motifs is 1. The zero-order chi connectivity index (χ0) is 14.8. The maximum absolute atomic E-state index is 6.09. The topological polar surface area (TPSA) is 37.8 Å². The molecule has 0 saturated heterocycles.